The van der Waals surface area contributed by atoms with Crippen molar-refractivity contribution in [1.82, 2.24) is 15.3 Å². The fourth-order valence-corrected chi connectivity index (χ4v) is 4.68. The zero-order valence-corrected chi connectivity index (χ0v) is 16.3. The number of nitrogens with zero attached hydrogens (tertiary/aromatic N) is 1. The Morgan fingerprint density at radius 2 is 2.04 bits per heavy atom. The molecule has 7 nitrogen and oxygen atoms in total. The highest BCUT2D eigenvalue weighted by Crippen LogP contribution is 2.36. The molecule has 0 radical (unpaired) electrons. The molecule has 2 aromatic rings. The number of aromatic amines is 1. The maximum absolute atomic E-state index is 12.9. The van der Waals surface area contributed by atoms with Crippen molar-refractivity contribution in [2.45, 2.75) is 51.5 Å². The molecule has 1 aliphatic heterocycles. The molecule has 3 N–H and O–H groups in total. The summed E-state index contributed by atoms with van der Waals surface area (Å²) in [5, 5.41) is 6.44. The van der Waals surface area contributed by atoms with E-state index in [0.717, 1.165) is 18.5 Å². The number of fused-ring (bicyclic) bond motifs is 1. The molecule has 1 aromatic heterocycles. The lowest BCUT2D eigenvalue weighted by Gasteiger charge is -2.30. The molecule has 0 spiro atoms. The lowest BCUT2D eigenvalue weighted by Crippen LogP contribution is -2.42. The van der Waals surface area contributed by atoms with Gasteiger partial charge in [-0.2, -0.15) is 0 Å². The summed E-state index contributed by atoms with van der Waals surface area (Å²) in [5.41, 5.74) is 2.06. The van der Waals surface area contributed by atoms with Gasteiger partial charge in [-0.25, -0.2) is 9.78 Å². The topological polar surface area (TPSA) is 96.1 Å². The number of rotatable bonds is 5. The number of benzene rings is 1. The number of imidazole rings is 1. The van der Waals surface area contributed by atoms with Crippen molar-refractivity contribution in [3.63, 3.8) is 0 Å². The number of H-pyrrole nitrogens is 1. The molecular weight excluding hydrogens is 356 g/mol. The molecule has 2 aliphatic rings. The van der Waals surface area contributed by atoms with Crippen LogP contribution in [0.3, 0.4) is 0 Å². The van der Waals surface area contributed by atoms with Crippen molar-refractivity contribution in [1.29, 1.82) is 0 Å². The van der Waals surface area contributed by atoms with Gasteiger partial charge in [-0.1, -0.05) is 32.1 Å². The van der Waals surface area contributed by atoms with Gasteiger partial charge in [0.1, 0.15) is 0 Å². The number of esters is 1. The van der Waals surface area contributed by atoms with Gasteiger partial charge in [0.2, 0.25) is 11.7 Å². The quantitative estimate of drug-likeness (QED) is 0.688. The molecule has 1 aromatic carbocycles. The number of aromatic nitrogens is 2. The second-order valence-electron chi connectivity index (χ2n) is 7.81. The molecule has 0 bridgehead atoms. The van der Waals surface area contributed by atoms with Gasteiger partial charge in [0.15, 0.2) is 0 Å². The van der Waals surface area contributed by atoms with Gasteiger partial charge in [0.25, 0.3) is 0 Å². The lowest BCUT2D eigenvalue weighted by molar-refractivity contribution is -0.119. The summed E-state index contributed by atoms with van der Waals surface area (Å²) < 4.78 is 4.98. The second kappa shape index (κ2) is 8.31. The Balaban J connectivity index is 1.46. The van der Waals surface area contributed by atoms with Gasteiger partial charge in [-0.15, -0.1) is 0 Å². The molecule has 1 saturated heterocycles. The van der Waals surface area contributed by atoms with E-state index in [1.54, 1.807) is 13.0 Å². The van der Waals surface area contributed by atoms with E-state index in [-0.39, 0.29) is 17.8 Å². The molecule has 0 unspecified atom stereocenters. The Bertz CT molecular complexity index is 856. The largest absolute Gasteiger partial charge is 0.460 e. The maximum Gasteiger partial charge on any atom is 0.374 e. The van der Waals surface area contributed by atoms with Gasteiger partial charge in [-0.05, 0) is 49.9 Å². The highest BCUT2D eigenvalue weighted by Gasteiger charge is 2.38. The summed E-state index contributed by atoms with van der Waals surface area (Å²) >= 11 is 0. The monoisotopic (exact) mass is 384 g/mol. The summed E-state index contributed by atoms with van der Waals surface area (Å²) in [5.74, 6) is 0.795. The molecule has 150 valence electrons. The Hall–Kier alpha value is -2.41. The minimum absolute atomic E-state index is 0.0218. The first-order chi connectivity index (χ1) is 13.7. The summed E-state index contributed by atoms with van der Waals surface area (Å²) in [7, 11) is 0. The highest BCUT2D eigenvalue weighted by molar-refractivity contribution is 5.97. The third-order valence-corrected chi connectivity index (χ3v) is 6.03. The van der Waals surface area contributed by atoms with Crippen molar-refractivity contribution < 1.29 is 14.3 Å². The Morgan fingerprint density at radius 1 is 1.21 bits per heavy atom. The van der Waals surface area contributed by atoms with Crippen molar-refractivity contribution in [2.24, 2.45) is 11.8 Å². The third-order valence-electron chi connectivity index (χ3n) is 6.03. The summed E-state index contributed by atoms with van der Waals surface area (Å²) in [6, 6.07) is 5.31. The lowest BCUT2D eigenvalue weighted by atomic mass is 9.76. The predicted molar refractivity (Wildman–Crippen MR) is 107 cm³/mol. The highest BCUT2D eigenvalue weighted by atomic mass is 16.5. The minimum Gasteiger partial charge on any atom is -0.460 e. The van der Waals surface area contributed by atoms with Gasteiger partial charge < -0.3 is 20.4 Å². The number of hydrogen-bond acceptors (Lipinski definition) is 5. The number of hydrogen-bond donors (Lipinski definition) is 3. The van der Waals surface area contributed by atoms with Crippen LogP contribution in [0.4, 0.5) is 5.69 Å². The van der Waals surface area contributed by atoms with Crippen LogP contribution < -0.4 is 10.6 Å². The van der Waals surface area contributed by atoms with Crippen LogP contribution in [-0.2, 0) is 9.53 Å². The minimum atomic E-state index is -0.477. The molecule has 28 heavy (non-hydrogen) atoms. The van der Waals surface area contributed by atoms with Crippen LogP contribution in [0, 0.1) is 11.8 Å². The van der Waals surface area contributed by atoms with Gasteiger partial charge in [0, 0.05) is 5.69 Å². The van der Waals surface area contributed by atoms with Crippen molar-refractivity contribution >= 4 is 28.6 Å². The number of amides is 1. The van der Waals surface area contributed by atoms with Gasteiger partial charge in [0.05, 0.1) is 23.7 Å². The van der Waals surface area contributed by atoms with E-state index in [9.17, 15) is 9.59 Å². The summed E-state index contributed by atoms with van der Waals surface area (Å²) in [4.78, 5) is 32.0. The van der Waals surface area contributed by atoms with Crippen LogP contribution in [0.2, 0.25) is 0 Å². The molecule has 1 saturated carbocycles. The van der Waals surface area contributed by atoms with Crippen LogP contribution in [0.1, 0.15) is 56.1 Å². The molecule has 7 heteroatoms. The molecule has 2 heterocycles. The fourth-order valence-electron chi connectivity index (χ4n) is 4.68. The average Bonchev–Trinajstić information content (AvgIpc) is 3.36. The summed E-state index contributed by atoms with van der Waals surface area (Å²) in [6.07, 6.45) is 7.45. The fraction of sp³-hybridized carbons (Fsp3) is 0.571. The summed E-state index contributed by atoms with van der Waals surface area (Å²) in [6.45, 7) is 2.96. The van der Waals surface area contributed by atoms with Crippen LogP contribution in [-0.4, -0.2) is 41.0 Å². The zero-order chi connectivity index (χ0) is 19.5. The van der Waals surface area contributed by atoms with Crippen LogP contribution in [0.5, 0.6) is 0 Å². The number of carbonyl (C=O) groups excluding carboxylic acids is 2. The number of ether oxygens (including phenoxy) is 1. The van der Waals surface area contributed by atoms with Crippen LogP contribution >= 0.6 is 0 Å². The molecule has 2 fully saturated rings. The number of anilines is 1. The molecule has 1 amide bonds. The first-order valence-electron chi connectivity index (χ1n) is 10.4. The van der Waals surface area contributed by atoms with E-state index in [0.29, 0.717) is 29.6 Å². The molecule has 4 rings (SSSR count). The number of carbonyl (C=O) groups is 2. The van der Waals surface area contributed by atoms with E-state index < -0.39 is 5.97 Å². The average molecular weight is 384 g/mol. The maximum atomic E-state index is 12.9. The standard InChI is InChI=1S/C21H28N4O3/c1-2-28-21(27)19-24-16-9-8-14(12-17(16)25-19)23-20(26)18-15(10-11-22-18)13-6-4-3-5-7-13/h8-9,12-13,15,18,22H,2-7,10-11H2,1H3,(H,23,26)(H,24,25)/t15-,18-/m0/s1. The molecule has 2 atom stereocenters. The Kier molecular flexibility index (Phi) is 5.62. The van der Waals surface area contributed by atoms with E-state index in [4.69, 9.17) is 4.74 Å². The third kappa shape index (κ3) is 3.90. The molecule has 1 aliphatic carbocycles. The smallest absolute Gasteiger partial charge is 0.374 e. The predicted octanol–water partition coefficient (Wildman–Crippen LogP) is 3.24. The normalized spacial score (nSPS) is 23.0. The van der Waals surface area contributed by atoms with E-state index in [1.807, 2.05) is 12.1 Å². The first kappa shape index (κ1) is 18.9. The van der Waals surface area contributed by atoms with Crippen molar-refractivity contribution in [3.8, 4) is 0 Å². The number of nitrogens with one attached hydrogen (secondary N) is 3. The first-order valence-corrected chi connectivity index (χ1v) is 10.4. The van der Waals surface area contributed by atoms with Crippen LogP contribution in [0.25, 0.3) is 11.0 Å². The van der Waals surface area contributed by atoms with Crippen molar-refractivity contribution in [3.05, 3.63) is 24.0 Å². The van der Waals surface area contributed by atoms with Gasteiger partial charge in [-0.3, -0.25) is 4.79 Å². The van der Waals surface area contributed by atoms with E-state index in [2.05, 4.69) is 20.6 Å². The van der Waals surface area contributed by atoms with Crippen molar-refractivity contribution in [2.75, 3.05) is 18.5 Å². The van der Waals surface area contributed by atoms with Gasteiger partial charge >= 0.3 is 5.97 Å². The second-order valence-corrected chi connectivity index (χ2v) is 7.81. The van der Waals surface area contributed by atoms with E-state index in [1.165, 1.54) is 32.1 Å². The van der Waals surface area contributed by atoms with E-state index >= 15 is 0 Å². The SMILES string of the molecule is CCOC(=O)c1nc2cc(NC(=O)[C@H]3NCC[C@H]3C3CCCCC3)ccc2[nH]1. The Morgan fingerprint density at radius 3 is 2.82 bits per heavy atom. The molecular formula is C21H28N4O3. The van der Waals surface area contributed by atoms with Crippen LogP contribution in [0.15, 0.2) is 18.2 Å². The zero-order valence-electron chi connectivity index (χ0n) is 16.3. The Labute approximate surface area is 164 Å².